The van der Waals surface area contributed by atoms with E-state index in [-0.39, 0.29) is 0 Å². The fraction of sp³-hybridized carbons (Fsp3) is 0.308. The molecule has 18 heavy (non-hydrogen) atoms. The maximum atomic E-state index is 5.38. The fourth-order valence-electron chi connectivity index (χ4n) is 1.85. The summed E-state index contributed by atoms with van der Waals surface area (Å²) in [4.78, 5) is 4.13. The first-order valence-corrected chi connectivity index (χ1v) is 5.82. The molecule has 2 aromatic rings. The summed E-state index contributed by atoms with van der Waals surface area (Å²) in [5.74, 6) is 3.14. The monoisotopic (exact) mass is 246 g/mol. The summed E-state index contributed by atoms with van der Waals surface area (Å²) in [5.41, 5.74) is 1.14. The van der Waals surface area contributed by atoms with Crippen molar-refractivity contribution in [3.8, 4) is 11.5 Å². The summed E-state index contributed by atoms with van der Waals surface area (Å²) in [5, 5.41) is 3.27. The lowest BCUT2D eigenvalue weighted by Gasteiger charge is -2.03. The van der Waals surface area contributed by atoms with Gasteiger partial charge in [-0.15, -0.1) is 0 Å². The first-order chi connectivity index (χ1) is 8.81. The van der Waals surface area contributed by atoms with Crippen molar-refractivity contribution in [3.05, 3.63) is 41.6 Å². The average molecular weight is 246 g/mol. The van der Waals surface area contributed by atoms with Gasteiger partial charge in [-0.3, -0.25) is 0 Å². The molecule has 2 heterocycles. The molecular weight excluding hydrogens is 232 g/mol. The van der Waals surface area contributed by atoms with E-state index in [2.05, 4.69) is 10.3 Å². The smallest absolute Gasteiger partial charge is 0.231 e. The van der Waals surface area contributed by atoms with E-state index in [4.69, 9.17) is 13.9 Å². The van der Waals surface area contributed by atoms with Gasteiger partial charge in [0.15, 0.2) is 11.5 Å². The molecule has 0 saturated heterocycles. The Bertz CT molecular complexity index is 551. The van der Waals surface area contributed by atoms with Crippen molar-refractivity contribution in [1.29, 1.82) is 0 Å². The summed E-state index contributed by atoms with van der Waals surface area (Å²) in [6, 6.07) is 5.92. The number of rotatable bonds is 4. The number of nitrogens with one attached hydrogen (secondary N) is 1. The molecule has 0 bridgehead atoms. The largest absolute Gasteiger partial charge is 0.454 e. The van der Waals surface area contributed by atoms with Gasteiger partial charge in [-0.25, -0.2) is 4.98 Å². The number of oxazole rings is 1. The van der Waals surface area contributed by atoms with Crippen LogP contribution in [-0.4, -0.2) is 11.8 Å². The second-order valence-electron chi connectivity index (χ2n) is 4.16. The second-order valence-corrected chi connectivity index (χ2v) is 4.16. The van der Waals surface area contributed by atoms with Gasteiger partial charge in [-0.1, -0.05) is 6.07 Å². The van der Waals surface area contributed by atoms with Gasteiger partial charge in [0.05, 0.1) is 12.7 Å². The Hall–Kier alpha value is -2.01. The van der Waals surface area contributed by atoms with Crippen LogP contribution in [0.4, 0.5) is 0 Å². The van der Waals surface area contributed by atoms with E-state index in [0.29, 0.717) is 19.2 Å². The predicted molar refractivity (Wildman–Crippen MR) is 64.3 cm³/mol. The van der Waals surface area contributed by atoms with Gasteiger partial charge in [0.25, 0.3) is 0 Å². The Morgan fingerprint density at radius 3 is 2.94 bits per heavy atom. The summed E-state index contributed by atoms with van der Waals surface area (Å²) >= 11 is 0. The number of aromatic nitrogens is 1. The molecule has 1 aliphatic heterocycles. The Labute approximate surface area is 105 Å². The Morgan fingerprint density at radius 1 is 1.22 bits per heavy atom. The van der Waals surface area contributed by atoms with Gasteiger partial charge in [-0.2, -0.15) is 0 Å². The molecule has 0 aliphatic carbocycles. The third-order valence-electron chi connectivity index (χ3n) is 2.71. The predicted octanol–water partition coefficient (Wildman–Crippen LogP) is 2.00. The van der Waals surface area contributed by atoms with E-state index in [0.717, 1.165) is 29.4 Å². The summed E-state index contributed by atoms with van der Waals surface area (Å²) in [7, 11) is 0. The highest BCUT2D eigenvalue weighted by atomic mass is 16.7. The zero-order valence-corrected chi connectivity index (χ0v) is 10.1. The molecule has 0 radical (unpaired) electrons. The fourth-order valence-corrected chi connectivity index (χ4v) is 1.85. The lowest BCUT2D eigenvalue weighted by Crippen LogP contribution is -2.12. The number of benzene rings is 1. The van der Waals surface area contributed by atoms with Crippen LogP contribution in [-0.2, 0) is 13.1 Å². The highest BCUT2D eigenvalue weighted by Gasteiger charge is 2.12. The number of aryl methyl sites for hydroxylation is 1. The van der Waals surface area contributed by atoms with E-state index in [1.165, 1.54) is 0 Å². The Balaban J connectivity index is 1.57. The number of hydrogen-bond donors (Lipinski definition) is 1. The molecule has 1 aliphatic rings. The lowest BCUT2D eigenvalue weighted by atomic mass is 10.2. The van der Waals surface area contributed by atoms with E-state index in [1.807, 2.05) is 25.1 Å². The third-order valence-corrected chi connectivity index (χ3v) is 2.71. The van der Waals surface area contributed by atoms with Crippen molar-refractivity contribution in [2.45, 2.75) is 20.0 Å². The number of fused-ring (bicyclic) bond motifs is 1. The minimum Gasteiger partial charge on any atom is -0.454 e. The van der Waals surface area contributed by atoms with E-state index in [1.54, 1.807) is 6.20 Å². The molecule has 5 nitrogen and oxygen atoms in total. The van der Waals surface area contributed by atoms with Crippen LogP contribution >= 0.6 is 0 Å². The zero-order chi connectivity index (χ0) is 12.4. The van der Waals surface area contributed by atoms with Crippen LogP contribution in [0.15, 0.2) is 28.8 Å². The maximum Gasteiger partial charge on any atom is 0.231 e. The molecule has 94 valence electrons. The van der Waals surface area contributed by atoms with Crippen molar-refractivity contribution in [2.24, 2.45) is 0 Å². The molecule has 0 unspecified atom stereocenters. The topological polar surface area (TPSA) is 56.5 Å². The summed E-state index contributed by atoms with van der Waals surface area (Å²) < 4.78 is 16.0. The first kappa shape index (κ1) is 11.1. The van der Waals surface area contributed by atoms with Crippen LogP contribution < -0.4 is 14.8 Å². The average Bonchev–Trinajstić information content (AvgIpc) is 2.97. The summed E-state index contributed by atoms with van der Waals surface area (Å²) in [6.07, 6.45) is 1.72. The van der Waals surface area contributed by atoms with Gasteiger partial charge >= 0.3 is 0 Å². The van der Waals surface area contributed by atoms with E-state index >= 15 is 0 Å². The van der Waals surface area contributed by atoms with Crippen molar-refractivity contribution in [3.63, 3.8) is 0 Å². The minimum absolute atomic E-state index is 0.307. The number of hydrogen-bond acceptors (Lipinski definition) is 5. The van der Waals surface area contributed by atoms with E-state index < -0.39 is 0 Å². The van der Waals surface area contributed by atoms with Crippen LogP contribution in [0.2, 0.25) is 0 Å². The SMILES string of the molecule is Cc1cnc(CNCc2ccc3c(c2)OCO3)o1. The molecule has 0 saturated carbocycles. The van der Waals surface area contributed by atoms with Crippen LogP contribution in [0.1, 0.15) is 17.2 Å². The van der Waals surface area contributed by atoms with Crippen LogP contribution in [0.3, 0.4) is 0 Å². The van der Waals surface area contributed by atoms with E-state index in [9.17, 15) is 0 Å². The van der Waals surface area contributed by atoms with Crippen LogP contribution in [0.5, 0.6) is 11.5 Å². The molecule has 1 N–H and O–H groups in total. The minimum atomic E-state index is 0.307. The molecule has 0 amide bonds. The molecule has 0 fully saturated rings. The van der Waals surface area contributed by atoms with Crippen molar-refractivity contribution < 1.29 is 13.9 Å². The van der Waals surface area contributed by atoms with Crippen LogP contribution in [0.25, 0.3) is 0 Å². The Kier molecular flexibility index (Phi) is 2.90. The van der Waals surface area contributed by atoms with Gasteiger partial charge in [-0.05, 0) is 24.6 Å². The van der Waals surface area contributed by atoms with Crippen molar-refractivity contribution in [2.75, 3.05) is 6.79 Å². The van der Waals surface area contributed by atoms with Crippen molar-refractivity contribution in [1.82, 2.24) is 10.3 Å². The van der Waals surface area contributed by atoms with Gasteiger partial charge in [0.1, 0.15) is 5.76 Å². The summed E-state index contributed by atoms with van der Waals surface area (Å²) in [6.45, 7) is 3.54. The van der Waals surface area contributed by atoms with Crippen molar-refractivity contribution >= 4 is 0 Å². The molecule has 0 spiro atoms. The lowest BCUT2D eigenvalue weighted by molar-refractivity contribution is 0.174. The highest BCUT2D eigenvalue weighted by Crippen LogP contribution is 2.32. The maximum absolute atomic E-state index is 5.38. The number of ether oxygens (including phenoxy) is 2. The standard InChI is InChI=1S/C13H14N2O3/c1-9-5-15-13(18-9)7-14-6-10-2-3-11-12(4-10)17-8-16-11/h2-5,14H,6-8H2,1H3. The molecular formula is C13H14N2O3. The first-order valence-electron chi connectivity index (χ1n) is 5.82. The number of nitrogens with zero attached hydrogens (tertiary/aromatic N) is 1. The normalized spacial score (nSPS) is 12.9. The van der Waals surface area contributed by atoms with Gasteiger partial charge in [0.2, 0.25) is 12.7 Å². The van der Waals surface area contributed by atoms with Gasteiger partial charge in [0, 0.05) is 6.54 Å². The molecule has 5 heteroatoms. The molecule has 1 aromatic carbocycles. The Morgan fingerprint density at radius 2 is 2.11 bits per heavy atom. The van der Waals surface area contributed by atoms with Crippen LogP contribution in [0, 0.1) is 6.92 Å². The zero-order valence-electron chi connectivity index (χ0n) is 10.1. The molecule has 0 atom stereocenters. The third kappa shape index (κ3) is 2.31. The molecule has 1 aromatic heterocycles. The molecule has 3 rings (SSSR count). The second kappa shape index (κ2) is 4.70. The van der Waals surface area contributed by atoms with Gasteiger partial charge < -0.3 is 19.2 Å². The highest BCUT2D eigenvalue weighted by molar-refractivity contribution is 5.44. The quantitative estimate of drug-likeness (QED) is 0.894.